The quantitative estimate of drug-likeness (QED) is 0.402. The summed E-state index contributed by atoms with van der Waals surface area (Å²) in [5.74, 6) is -3.68. The Morgan fingerprint density at radius 2 is 1.25 bits per heavy atom. The van der Waals surface area contributed by atoms with E-state index in [1.807, 2.05) is 0 Å². The van der Waals surface area contributed by atoms with E-state index < -0.39 is 53.0 Å². The fraction of sp³-hybridized carbons (Fsp3) is 0.0526. The zero-order valence-corrected chi connectivity index (χ0v) is 17.8. The van der Waals surface area contributed by atoms with Gasteiger partial charge in [0.15, 0.2) is 23.1 Å². The molecule has 0 radical (unpaired) electrons. The number of aromatic hydroxyl groups is 2. The molecule has 3 aromatic carbocycles. The summed E-state index contributed by atoms with van der Waals surface area (Å²) in [6.45, 7) is 0. The minimum absolute atomic E-state index is 0.163. The number of hydrogen-bond acceptors (Lipinski definition) is 7. The summed E-state index contributed by atoms with van der Waals surface area (Å²) in [6.07, 6.45) is 0. The van der Waals surface area contributed by atoms with Crippen molar-refractivity contribution in [3.05, 3.63) is 66.2 Å². The zero-order chi connectivity index (χ0) is 23.7. The van der Waals surface area contributed by atoms with Gasteiger partial charge in [-0.1, -0.05) is 0 Å². The van der Waals surface area contributed by atoms with Crippen molar-refractivity contribution in [2.45, 2.75) is 9.79 Å². The summed E-state index contributed by atoms with van der Waals surface area (Å²) in [6, 6.07) is 8.49. The second-order valence-corrected chi connectivity index (χ2v) is 9.69. The third kappa shape index (κ3) is 4.84. The minimum Gasteiger partial charge on any atom is -0.505 e. The van der Waals surface area contributed by atoms with Crippen LogP contribution in [0.15, 0.2) is 64.4 Å². The lowest BCUT2D eigenvalue weighted by Gasteiger charge is -2.14. The van der Waals surface area contributed by atoms with Crippen LogP contribution in [0.25, 0.3) is 0 Å². The van der Waals surface area contributed by atoms with E-state index in [0.29, 0.717) is 0 Å². The Morgan fingerprint density at radius 3 is 1.72 bits per heavy atom. The molecule has 9 nitrogen and oxygen atoms in total. The van der Waals surface area contributed by atoms with E-state index in [4.69, 9.17) is 4.74 Å². The summed E-state index contributed by atoms with van der Waals surface area (Å²) < 4.78 is 86.7. The molecule has 0 unspecified atom stereocenters. The number of phenols is 2. The van der Waals surface area contributed by atoms with Crippen molar-refractivity contribution in [1.29, 1.82) is 0 Å². The van der Waals surface area contributed by atoms with Crippen molar-refractivity contribution < 1.29 is 40.6 Å². The van der Waals surface area contributed by atoms with Crippen LogP contribution in [0.1, 0.15) is 0 Å². The largest absolute Gasteiger partial charge is 0.505 e. The molecule has 3 rings (SSSR count). The van der Waals surface area contributed by atoms with Gasteiger partial charge in [-0.05, 0) is 42.5 Å². The number of methoxy groups -OCH3 is 1. The van der Waals surface area contributed by atoms with Crippen LogP contribution < -0.4 is 14.2 Å². The van der Waals surface area contributed by atoms with Crippen molar-refractivity contribution >= 4 is 31.4 Å². The van der Waals surface area contributed by atoms with E-state index in [1.165, 1.54) is 7.11 Å². The van der Waals surface area contributed by atoms with Gasteiger partial charge in [-0.15, -0.1) is 0 Å². The molecule has 0 fully saturated rings. The summed E-state index contributed by atoms with van der Waals surface area (Å²) in [7, 11) is -7.63. The Balaban J connectivity index is 2.00. The highest BCUT2D eigenvalue weighted by Crippen LogP contribution is 2.31. The van der Waals surface area contributed by atoms with Crippen LogP contribution in [-0.4, -0.2) is 34.2 Å². The Morgan fingerprint density at radius 1 is 0.750 bits per heavy atom. The van der Waals surface area contributed by atoms with Crippen molar-refractivity contribution in [3.63, 3.8) is 0 Å². The maximum Gasteiger partial charge on any atom is 0.265 e. The van der Waals surface area contributed by atoms with Gasteiger partial charge in [0.25, 0.3) is 20.0 Å². The molecular weight excluding hydrogens is 470 g/mol. The zero-order valence-electron chi connectivity index (χ0n) is 16.2. The fourth-order valence-electron chi connectivity index (χ4n) is 2.61. The number of sulfonamides is 2. The van der Waals surface area contributed by atoms with Crippen LogP contribution in [-0.2, 0) is 20.0 Å². The van der Waals surface area contributed by atoms with Gasteiger partial charge in [0.2, 0.25) is 0 Å². The fourth-order valence-corrected chi connectivity index (χ4v) is 5.01. The predicted octanol–water partition coefficient (Wildman–Crippen LogP) is 2.99. The first-order chi connectivity index (χ1) is 14.9. The van der Waals surface area contributed by atoms with Crippen molar-refractivity contribution in [2.24, 2.45) is 0 Å². The first-order valence-corrected chi connectivity index (χ1v) is 11.6. The maximum absolute atomic E-state index is 13.2. The average Bonchev–Trinajstić information content (AvgIpc) is 2.72. The highest BCUT2D eigenvalue weighted by molar-refractivity contribution is 7.93. The molecule has 0 heterocycles. The Hall–Kier alpha value is -3.58. The van der Waals surface area contributed by atoms with E-state index >= 15 is 0 Å². The van der Waals surface area contributed by atoms with E-state index in [9.17, 15) is 35.8 Å². The number of benzene rings is 3. The van der Waals surface area contributed by atoms with Crippen LogP contribution in [0.2, 0.25) is 0 Å². The molecule has 170 valence electrons. The highest BCUT2D eigenvalue weighted by atomic mass is 32.2. The molecule has 0 atom stereocenters. The molecule has 0 aromatic heterocycles. The second kappa shape index (κ2) is 8.51. The van der Waals surface area contributed by atoms with E-state index in [1.54, 1.807) is 0 Å². The first-order valence-electron chi connectivity index (χ1n) is 8.63. The molecule has 0 saturated heterocycles. The van der Waals surface area contributed by atoms with Crippen LogP contribution in [0.5, 0.6) is 17.2 Å². The molecule has 13 heteroatoms. The van der Waals surface area contributed by atoms with Gasteiger partial charge in [-0.25, -0.2) is 25.6 Å². The predicted molar refractivity (Wildman–Crippen MR) is 111 cm³/mol. The molecule has 0 aliphatic carbocycles. The van der Waals surface area contributed by atoms with E-state index in [0.717, 1.165) is 54.6 Å². The molecule has 0 aliphatic rings. The molecule has 0 spiro atoms. The lowest BCUT2D eigenvalue weighted by molar-refractivity contribution is 0.402. The van der Waals surface area contributed by atoms with E-state index in [-0.39, 0.29) is 17.1 Å². The topological polar surface area (TPSA) is 142 Å². The van der Waals surface area contributed by atoms with Crippen LogP contribution in [0.3, 0.4) is 0 Å². The van der Waals surface area contributed by atoms with Gasteiger partial charge in [-0.3, -0.25) is 9.44 Å². The van der Waals surface area contributed by atoms with Crippen LogP contribution >= 0.6 is 0 Å². The smallest absolute Gasteiger partial charge is 0.265 e. The molecule has 4 N–H and O–H groups in total. The summed E-state index contributed by atoms with van der Waals surface area (Å²) in [4.78, 5) is -1.04. The monoisotopic (exact) mass is 486 g/mol. The van der Waals surface area contributed by atoms with Gasteiger partial charge in [0.05, 0.1) is 23.4 Å². The lowest BCUT2D eigenvalue weighted by atomic mass is 10.3. The van der Waals surface area contributed by atoms with Crippen molar-refractivity contribution in [1.82, 2.24) is 0 Å². The summed E-state index contributed by atoms with van der Waals surface area (Å²) >= 11 is 0. The normalized spacial score (nSPS) is 11.7. The number of nitrogens with one attached hydrogen (secondary N) is 2. The second-order valence-electron chi connectivity index (χ2n) is 6.36. The first kappa shape index (κ1) is 23.1. The molecule has 3 aromatic rings. The maximum atomic E-state index is 13.2. The number of phenolic OH excluding ortho intramolecular Hbond substituents is 2. The highest BCUT2D eigenvalue weighted by Gasteiger charge is 2.25. The average molecular weight is 486 g/mol. The third-order valence-corrected chi connectivity index (χ3v) is 6.91. The Bertz CT molecular complexity index is 1390. The standard InChI is InChI=1S/C19H16F2N2O7S2/c1-30-18-7-4-13(31(26,27)22-11-2-5-14(20)16(24)8-11)10-19(18)32(28,29)23-12-3-6-15(21)17(25)9-12/h2-10,22-25H,1H3. The van der Waals surface area contributed by atoms with Gasteiger partial charge in [0.1, 0.15) is 10.6 Å². The van der Waals surface area contributed by atoms with Gasteiger partial charge in [0, 0.05) is 12.1 Å². The molecule has 0 saturated carbocycles. The SMILES string of the molecule is COc1ccc(S(=O)(=O)Nc2ccc(F)c(O)c2)cc1S(=O)(=O)Nc1ccc(F)c(O)c1. The van der Waals surface area contributed by atoms with E-state index in [2.05, 4.69) is 9.44 Å². The number of rotatable bonds is 7. The lowest BCUT2D eigenvalue weighted by Crippen LogP contribution is -2.17. The van der Waals surface area contributed by atoms with Crippen LogP contribution in [0.4, 0.5) is 20.2 Å². The molecule has 0 amide bonds. The molecule has 0 aliphatic heterocycles. The number of ether oxygens (including phenoxy) is 1. The molecule has 32 heavy (non-hydrogen) atoms. The van der Waals surface area contributed by atoms with Crippen molar-refractivity contribution in [3.8, 4) is 17.2 Å². The van der Waals surface area contributed by atoms with Gasteiger partial charge < -0.3 is 14.9 Å². The molecular formula is C19H16F2N2O7S2. The Kier molecular flexibility index (Phi) is 6.14. The summed E-state index contributed by atoms with van der Waals surface area (Å²) in [5, 5.41) is 18.8. The van der Waals surface area contributed by atoms with Gasteiger partial charge in [-0.2, -0.15) is 0 Å². The number of halogens is 2. The van der Waals surface area contributed by atoms with Crippen molar-refractivity contribution in [2.75, 3.05) is 16.6 Å². The summed E-state index contributed by atoms with van der Waals surface area (Å²) in [5.41, 5.74) is -0.344. The Labute approximate surface area is 182 Å². The van der Waals surface area contributed by atoms with Crippen LogP contribution in [0, 0.1) is 11.6 Å². The third-order valence-electron chi connectivity index (χ3n) is 4.13. The number of anilines is 2. The number of hydrogen-bond donors (Lipinski definition) is 4. The minimum atomic E-state index is -4.44. The van der Waals surface area contributed by atoms with Gasteiger partial charge >= 0.3 is 0 Å². The molecule has 0 bridgehead atoms.